The molecule has 0 fully saturated rings. The second-order valence-electron chi connectivity index (χ2n) is 4.24. The fraction of sp³-hybridized carbons (Fsp3) is 0.200. The van der Waals surface area contributed by atoms with Crippen LogP contribution >= 0.6 is 0 Å². The van der Waals surface area contributed by atoms with Crippen LogP contribution in [-0.2, 0) is 4.74 Å². The number of rotatable bonds is 5. The van der Waals surface area contributed by atoms with Crippen LogP contribution in [0.1, 0.15) is 0 Å². The Morgan fingerprint density at radius 1 is 1.09 bits per heavy atom. The van der Waals surface area contributed by atoms with Gasteiger partial charge in [-0.3, -0.25) is 5.32 Å². The van der Waals surface area contributed by atoms with Crippen LogP contribution in [0.15, 0.2) is 36.5 Å². The summed E-state index contributed by atoms with van der Waals surface area (Å²) in [6.07, 6.45) is 0.981. The van der Waals surface area contributed by atoms with Crippen molar-refractivity contribution in [2.24, 2.45) is 0 Å². The highest BCUT2D eigenvalue weighted by molar-refractivity contribution is 5.84. The molecule has 0 bridgehead atoms. The summed E-state index contributed by atoms with van der Waals surface area (Å²) >= 11 is 0. The van der Waals surface area contributed by atoms with Gasteiger partial charge in [-0.15, -0.1) is 0 Å². The molecule has 0 saturated carbocycles. The highest BCUT2D eigenvalue weighted by Crippen LogP contribution is 2.31. The molecule has 2 rings (SSSR count). The van der Waals surface area contributed by atoms with Crippen LogP contribution in [0, 0.1) is 0 Å². The SMILES string of the molecule is COC(=O)Nc1ccc(Nc2ccc(OC)cc2OC)nc1. The first-order valence-electron chi connectivity index (χ1n) is 6.46. The standard InChI is InChI=1S/C15H17N3O4/c1-20-11-5-6-12(13(8-11)21-2)18-14-7-4-10(9-16-14)17-15(19)22-3/h4-9H,1-3H3,(H,16,18)(H,17,19). The molecule has 0 unspecified atom stereocenters. The summed E-state index contributed by atoms with van der Waals surface area (Å²) in [4.78, 5) is 15.3. The van der Waals surface area contributed by atoms with E-state index in [9.17, 15) is 4.79 Å². The van der Waals surface area contributed by atoms with Crippen LogP contribution in [0.25, 0.3) is 0 Å². The first kappa shape index (κ1) is 15.4. The number of nitrogens with one attached hydrogen (secondary N) is 2. The van der Waals surface area contributed by atoms with Crippen molar-refractivity contribution < 1.29 is 19.0 Å². The largest absolute Gasteiger partial charge is 0.497 e. The maximum atomic E-state index is 11.1. The fourth-order valence-electron chi connectivity index (χ4n) is 1.75. The van der Waals surface area contributed by atoms with Crippen LogP contribution < -0.4 is 20.1 Å². The molecule has 22 heavy (non-hydrogen) atoms. The number of ether oxygens (including phenoxy) is 3. The van der Waals surface area contributed by atoms with E-state index in [1.54, 1.807) is 32.4 Å². The number of anilines is 3. The smallest absolute Gasteiger partial charge is 0.411 e. The van der Waals surface area contributed by atoms with Crippen molar-refractivity contribution >= 4 is 23.3 Å². The average Bonchev–Trinajstić information content (AvgIpc) is 2.56. The van der Waals surface area contributed by atoms with Crippen LogP contribution in [0.4, 0.5) is 22.0 Å². The minimum atomic E-state index is -0.542. The summed E-state index contributed by atoms with van der Waals surface area (Å²) in [5.41, 5.74) is 1.29. The molecule has 2 N–H and O–H groups in total. The van der Waals surface area contributed by atoms with Crippen molar-refractivity contribution in [2.75, 3.05) is 32.0 Å². The highest BCUT2D eigenvalue weighted by Gasteiger charge is 2.06. The molecule has 0 radical (unpaired) electrons. The van der Waals surface area contributed by atoms with Gasteiger partial charge in [-0.1, -0.05) is 0 Å². The number of pyridine rings is 1. The van der Waals surface area contributed by atoms with Crippen LogP contribution in [0.3, 0.4) is 0 Å². The zero-order chi connectivity index (χ0) is 15.9. The van der Waals surface area contributed by atoms with Crippen molar-refractivity contribution in [3.8, 4) is 11.5 Å². The van der Waals surface area contributed by atoms with E-state index in [1.807, 2.05) is 12.1 Å². The summed E-state index contributed by atoms with van der Waals surface area (Å²) in [5, 5.41) is 5.66. The molecule has 0 atom stereocenters. The topological polar surface area (TPSA) is 81.7 Å². The Hall–Kier alpha value is -2.96. The lowest BCUT2D eigenvalue weighted by Crippen LogP contribution is -2.11. The van der Waals surface area contributed by atoms with Gasteiger partial charge < -0.3 is 19.5 Å². The number of amides is 1. The molecule has 0 spiro atoms. The molecular formula is C15H17N3O4. The van der Waals surface area contributed by atoms with Gasteiger partial charge in [0.1, 0.15) is 17.3 Å². The van der Waals surface area contributed by atoms with Crippen LogP contribution in [0.5, 0.6) is 11.5 Å². The molecule has 0 aliphatic carbocycles. The Morgan fingerprint density at radius 3 is 2.50 bits per heavy atom. The number of benzene rings is 1. The van der Waals surface area contributed by atoms with Gasteiger partial charge in [-0.25, -0.2) is 9.78 Å². The van der Waals surface area contributed by atoms with Gasteiger partial charge >= 0.3 is 6.09 Å². The lowest BCUT2D eigenvalue weighted by Gasteiger charge is -2.12. The number of hydrogen-bond acceptors (Lipinski definition) is 6. The van der Waals surface area contributed by atoms with Crippen molar-refractivity contribution in [1.82, 2.24) is 4.98 Å². The van der Waals surface area contributed by atoms with Gasteiger partial charge in [0.15, 0.2) is 0 Å². The number of nitrogens with zero attached hydrogens (tertiary/aromatic N) is 1. The third-order valence-electron chi connectivity index (χ3n) is 2.87. The molecule has 1 aromatic carbocycles. The summed E-state index contributed by atoms with van der Waals surface area (Å²) < 4.78 is 15.0. The van der Waals surface area contributed by atoms with Crippen molar-refractivity contribution in [2.45, 2.75) is 0 Å². The van der Waals surface area contributed by atoms with Crippen LogP contribution in [0.2, 0.25) is 0 Å². The van der Waals surface area contributed by atoms with E-state index in [-0.39, 0.29) is 0 Å². The molecule has 1 heterocycles. The Morgan fingerprint density at radius 2 is 1.91 bits per heavy atom. The molecule has 0 aliphatic heterocycles. The average molecular weight is 303 g/mol. The molecule has 1 aromatic heterocycles. The molecule has 0 saturated heterocycles. The molecule has 7 heteroatoms. The highest BCUT2D eigenvalue weighted by atomic mass is 16.5. The van der Waals surface area contributed by atoms with Gasteiger partial charge in [0, 0.05) is 6.07 Å². The van der Waals surface area contributed by atoms with Gasteiger partial charge in [0.25, 0.3) is 0 Å². The Kier molecular flexibility index (Phi) is 5.02. The third kappa shape index (κ3) is 3.78. The third-order valence-corrected chi connectivity index (χ3v) is 2.87. The first-order valence-corrected chi connectivity index (χ1v) is 6.46. The van der Waals surface area contributed by atoms with E-state index >= 15 is 0 Å². The molecule has 1 amide bonds. The monoisotopic (exact) mass is 303 g/mol. The Balaban J connectivity index is 2.12. The predicted molar refractivity (Wildman–Crippen MR) is 83.1 cm³/mol. The van der Waals surface area contributed by atoms with Gasteiger partial charge in [0.05, 0.1) is 38.9 Å². The molecule has 116 valence electrons. The zero-order valence-electron chi connectivity index (χ0n) is 12.5. The van der Waals surface area contributed by atoms with Gasteiger partial charge in [0.2, 0.25) is 0 Å². The molecule has 2 aromatic rings. The lowest BCUT2D eigenvalue weighted by molar-refractivity contribution is 0.187. The maximum absolute atomic E-state index is 11.1. The van der Waals surface area contributed by atoms with Crippen molar-refractivity contribution in [1.29, 1.82) is 0 Å². The van der Waals surface area contributed by atoms with E-state index in [1.165, 1.54) is 13.3 Å². The summed E-state index contributed by atoms with van der Waals surface area (Å²) in [6, 6.07) is 8.87. The van der Waals surface area contributed by atoms with E-state index in [0.29, 0.717) is 23.0 Å². The quantitative estimate of drug-likeness (QED) is 0.883. The molecular weight excluding hydrogens is 286 g/mol. The zero-order valence-corrected chi connectivity index (χ0v) is 12.5. The molecule has 0 aliphatic rings. The number of aromatic nitrogens is 1. The first-order chi connectivity index (χ1) is 10.7. The van der Waals surface area contributed by atoms with E-state index in [0.717, 1.165) is 5.69 Å². The van der Waals surface area contributed by atoms with Crippen molar-refractivity contribution in [3.63, 3.8) is 0 Å². The second kappa shape index (κ2) is 7.16. The minimum absolute atomic E-state index is 0.541. The number of methoxy groups -OCH3 is 3. The number of hydrogen-bond donors (Lipinski definition) is 2. The lowest BCUT2D eigenvalue weighted by atomic mass is 10.2. The number of carbonyl (C=O) groups is 1. The van der Waals surface area contributed by atoms with E-state index < -0.39 is 6.09 Å². The Labute approximate surface area is 128 Å². The summed E-state index contributed by atoms with van der Waals surface area (Å²) in [6.45, 7) is 0. The van der Waals surface area contributed by atoms with E-state index in [4.69, 9.17) is 9.47 Å². The summed E-state index contributed by atoms with van der Waals surface area (Å²) in [5.74, 6) is 1.95. The maximum Gasteiger partial charge on any atom is 0.411 e. The van der Waals surface area contributed by atoms with Crippen molar-refractivity contribution in [3.05, 3.63) is 36.5 Å². The van der Waals surface area contributed by atoms with Gasteiger partial charge in [-0.05, 0) is 24.3 Å². The van der Waals surface area contributed by atoms with Gasteiger partial charge in [-0.2, -0.15) is 0 Å². The minimum Gasteiger partial charge on any atom is -0.497 e. The normalized spacial score (nSPS) is 9.77. The molecule has 7 nitrogen and oxygen atoms in total. The van der Waals surface area contributed by atoms with Crippen LogP contribution in [-0.4, -0.2) is 32.4 Å². The number of carbonyl (C=O) groups excluding carboxylic acids is 1. The fourth-order valence-corrected chi connectivity index (χ4v) is 1.75. The Bertz CT molecular complexity index is 644. The second-order valence-corrected chi connectivity index (χ2v) is 4.24. The predicted octanol–water partition coefficient (Wildman–Crippen LogP) is 3.02. The van der Waals surface area contributed by atoms with E-state index in [2.05, 4.69) is 20.4 Å². The summed E-state index contributed by atoms with van der Waals surface area (Å²) in [7, 11) is 4.47.